The zero-order valence-electron chi connectivity index (χ0n) is 12.0. The summed E-state index contributed by atoms with van der Waals surface area (Å²) in [5.74, 6) is -1.80. The maximum atomic E-state index is 12.2. The molecule has 0 unspecified atom stereocenters. The Bertz CT molecular complexity index is 384. The summed E-state index contributed by atoms with van der Waals surface area (Å²) in [5, 5.41) is 20.4. The van der Waals surface area contributed by atoms with Crippen molar-refractivity contribution in [1.82, 2.24) is 10.2 Å². The molecule has 1 rings (SSSR count). The van der Waals surface area contributed by atoms with Crippen LogP contribution in [-0.2, 0) is 9.59 Å². The number of rotatable bonds is 9. The Kier molecular flexibility index (Phi) is 6.93. The van der Waals surface area contributed by atoms with Crippen LogP contribution in [-0.4, -0.2) is 58.3 Å². The molecule has 0 radical (unpaired) electrons. The van der Waals surface area contributed by atoms with Crippen LogP contribution in [0.1, 0.15) is 38.5 Å². The number of hydrogen-bond acceptors (Lipinski definition) is 4. The number of primary amides is 1. The van der Waals surface area contributed by atoms with Crippen molar-refractivity contribution in [2.24, 2.45) is 5.73 Å². The number of carbonyl (C=O) groups excluding carboxylic acids is 2. The van der Waals surface area contributed by atoms with Crippen molar-refractivity contribution in [3.63, 3.8) is 0 Å². The Hall–Kier alpha value is -1.83. The van der Waals surface area contributed by atoms with E-state index in [0.29, 0.717) is 13.0 Å². The van der Waals surface area contributed by atoms with Crippen LogP contribution >= 0.6 is 0 Å². The number of aliphatic hydroxyl groups excluding tert-OH is 1. The number of urea groups is 1. The van der Waals surface area contributed by atoms with Crippen molar-refractivity contribution in [3.05, 3.63) is 0 Å². The lowest BCUT2D eigenvalue weighted by Crippen LogP contribution is -2.53. The lowest BCUT2D eigenvalue weighted by atomic mass is 9.91. The quantitative estimate of drug-likeness (QED) is 0.462. The standard InChI is InChI=1S/C13H23N3O5/c14-11(18)6-5-10(12(19)20)15-13(21)16(7-2-8-17)9-3-1-4-9/h9-10,17H,1-8H2,(H2,14,18)(H,15,21)(H,19,20)/t10-/m0/s1. The number of nitrogens with one attached hydrogen (secondary N) is 1. The normalized spacial score (nSPS) is 15.9. The molecule has 0 aromatic heterocycles. The van der Waals surface area contributed by atoms with E-state index < -0.39 is 23.9 Å². The van der Waals surface area contributed by atoms with E-state index in [-0.39, 0.29) is 25.5 Å². The zero-order chi connectivity index (χ0) is 15.8. The van der Waals surface area contributed by atoms with Crippen molar-refractivity contribution < 1.29 is 24.6 Å². The highest BCUT2D eigenvalue weighted by atomic mass is 16.4. The van der Waals surface area contributed by atoms with E-state index in [4.69, 9.17) is 15.9 Å². The van der Waals surface area contributed by atoms with Gasteiger partial charge in [-0.2, -0.15) is 0 Å². The second kappa shape index (κ2) is 8.46. The Morgan fingerprint density at radius 2 is 2.00 bits per heavy atom. The third-order valence-electron chi connectivity index (χ3n) is 3.61. The summed E-state index contributed by atoms with van der Waals surface area (Å²) in [6.45, 7) is 0.357. The molecule has 21 heavy (non-hydrogen) atoms. The number of carboxylic acid groups (broad SMARTS) is 1. The molecule has 8 nitrogen and oxygen atoms in total. The second-order valence-corrected chi connectivity index (χ2v) is 5.20. The van der Waals surface area contributed by atoms with Gasteiger partial charge in [0.2, 0.25) is 5.91 Å². The fourth-order valence-electron chi connectivity index (χ4n) is 2.17. The molecule has 1 fully saturated rings. The van der Waals surface area contributed by atoms with Crippen molar-refractivity contribution in [1.29, 1.82) is 0 Å². The van der Waals surface area contributed by atoms with E-state index in [1.807, 2.05) is 0 Å². The molecule has 0 heterocycles. The van der Waals surface area contributed by atoms with Gasteiger partial charge in [-0.15, -0.1) is 0 Å². The summed E-state index contributed by atoms with van der Waals surface area (Å²) >= 11 is 0. The highest BCUT2D eigenvalue weighted by Gasteiger charge is 2.30. The van der Waals surface area contributed by atoms with Crippen LogP contribution in [0.4, 0.5) is 4.79 Å². The van der Waals surface area contributed by atoms with Crippen LogP contribution in [0.3, 0.4) is 0 Å². The molecule has 1 atom stereocenters. The smallest absolute Gasteiger partial charge is 0.326 e. The number of nitrogens with two attached hydrogens (primary N) is 1. The highest BCUT2D eigenvalue weighted by Crippen LogP contribution is 2.25. The number of carboxylic acids is 1. The largest absolute Gasteiger partial charge is 0.480 e. The first-order chi connectivity index (χ1) is 9.95. The summed E-state index contributed by atoms with van der Waals surface area (Å²) in [5.41, 5.74) is 4.99. The average Bonchev–Trinajstić information content (AvgIpc) is 2.36. The monoisotopic (exact) mass is 301 g/mol. The average molecular weight is 301 g/mol. The van der Waals surface area contributed by atoms with Gasteiger partial charge < -0.3 is 26.2 Å². The van der Waals surface area contributed by atoms with Gasteiger partial charge in [0.25, 0.3) is 0 Å². The van der Waals surface area contributed by atoms with Crippen LogP contribution in [0.15, 0.2) is 0 Å². The van der Waals surface area contributed by atoms with E-state index >= 15 is 0 Å². The summed E-state index contributed by atoms with van der Waals surface area (Å²) in [4.78, 5) is 35.6. The Balaban J connectivity index is 2.58. The van der Waals surface area contributed by atoms with Gasteiger partial charge >= 0.3 is 12.0 Å². The lowest BCUT2D eigenvalue weighted by molar-refractivity contribution is -0.139. The van der Waals surface area contributed by atoms with Gasteiger partial charge in [0.05, 0.1) is 0 Å². The number of carbonyl (C=O) groups is 3. The third-order valence-corrected chi connectivity index (χ3v) is 3.61. The molecule has 0 aromatic rings. The number of nitrogens with zero attached hydrogens (tertiary/aromatic N) is 1. The van der Waals surface area contributed by atoms with E-state index in [1.54, 1.807) is 4.90 Å². The molecule has 3 amide bonds. The second-order valence-electron chi connectivity index (χ2n) is 5.20. The van der Waals surface area contributed by atoms with Gasteiger partial charge in [0, 0.05) is 25.6 Å². The Morgan fingerprint density at radius 1 is 1.33 bits per heavy atom. The molecule has 1 saturated carbocycles. The van der Waals surface area contributed by atoms with Crippen molar-refractivity contribution >= 4 is 17.9 Å². The highest BCUT2D eigenvalue weighted by molar-refractivity contribution is 5.83. The maximum Gasteiger partial charge on any atom is 0.326 e. The first kappa shape index (κ1) is 17.2. The fourth-order valence-corrected chi connectivity index (χ4v) is 2.17. The minimum Gasteiger partial charge on any atom is -0.480 e. The summed E-state index contributed by atoms with van der Waals surface area (Å²) in [6, 6.07) is -1.51. The van der Waals surface area contributed by atoms with E-state index in [9.17, 15) is 14.4 Å². The molecule has 0 aromatic carbocycles. The van der Waals surface area contributed by atoms with Crippen LogP contribution in [0.25, 0.3) is 0 Å². The van der Waals surface area contributed by atoms with Gasteiger partial charge in [0.15, 0.2) is 0 Å². The van der Waals surface area contributed by atoms with Gasteiger partial charge in [0.1, 0.15) is 6.04 Å². The van der Waals surface area contributed by atoms with Crippen molar-refractivity contribution in [2.45, 2.75) is 50.6 Å². The maximum absolute atomic E-state index is 12.2. The first-order valence-electron chi connectivity index (χ1n) is 7.14. The molecule has 0 spiro atoms. The van der Waals surface area contributed by atoms with Crippen LogP contribution in [0.5, 0.6) is 0 Å². The molecule has 5 N–H and O–H groups in total. The molecule has 0 bridgehead atoms. The number of amides is 3. The summed E-state index contributed by atoms with van der Waals surface area (Å²) < 4.78 is 0. The molecular weight excluding hydrogens is 278 g/mol. The SMILES string of the molecule is NC(=O)CC[C@H](NC(=O)N(CCCO)C1CCC1)C(=O)O. The summed E-state index contributed by atoms with van der Waals surface area (Å²) in [6.07, 6.45) is 3.13. The van der Waals surface area contributed by atoms with Crippen molar-refractivity contribution in [3.8, 4) is 0 Å². The molecule has 0 saturated heterocycles. The molecule has 1 aliphatic rings. The summed E-state index contributed by atoms with van der Waals surface area (Å²) in [7, 11) is 0. The van der Waals surface area contributed by atoms with Crippen molar-refractivity contribution in [2.75, 3.05) is 13.2 Å². The fraction of sp³-hybridized carbons (Fsp3) is 0.769. The van der Waals surface area contributed by atoms with Gasteiger partial charge in [-0.1, -0.05) is 0 Å². The van der Waals surface area contributed by atoms with Gasteiger partial charge in [-0.25, -0.2) is 9.59 Å². The molecule has 120 valence electrons. The molecule has 1 aliphatic carbocycles. The number of aliphatic carboxylic acids is 1. The number of hydrogen-bond donors (Lipinski definition) is 4. The molecular formula is C13H23N3O5. The van der Waals surface area contributed by atoms with E-state index in [1.165, 1.54) is 0 Å². The minimum absolute atomic E-state index is 0.0272. The first-order valence-corrected chi connectivity index (χ1v) is 7.14. The van der Waals surface area contributed by atoms with E-state index in [0.717, 1.165) is 19.3 Å². The van der Waals surface area contributed by atoms with Crippen LogP contribution < -0.4 is 11.1 Å². The topological polar surface area (TPSA) is 133 Å². The zero-order valence-corrected chi connectivity index (χ0v) is 12.0. The van der Waals surface area contributed by atoms with Gasteiger partial charge in [-0.05, 0) is 32.1 Å². The van der Waals surface area contributed by atoms with Crippen LogP contribution in [0.2, 0.25) is 0 Å². The third kappa shape index (κ3) is 5.58. The molecule has 8 heteroatoms. The Labute approximate surface area is 123 Å². The van der Waals surface area contributed by atoms with E-state index in [2.05, 4.69) is 5.32 Å². The lowest BCUT2D eigenvalue weighted by Gasteiger charge is -2.38. The Morgan fingerprint density at radius 3 is 2.43 bits per heavy atom. The molecule has 0 aliphatic heterocycles. The minimum atomic E-state index is -1.19. The van der Waals surface area contributed by atoms with Gasteiger partial charge in [-0.3, -0.25) is 4.79 Å². The number of aliphatic hydroxyl groups is 1. The predicted octanol–water partition coefficient (Wildman–Crippen LogP) is -0.348. The van der Waals surface area contributed by atoms with Crippen LogP contribution in [0, 0.1) is 0 Å². The predicted molar refractivity (Wildman–Crippen MR) is 74.4 cm³/mol.